The van der Waals surface area contributed by atoms with Crippen molar-refractivity contribution in [2.24, 2.45) is 0 Å². The van der Waals surface area contributed by atoms with Crippen LogP contribution in [0.5, 0.6) is 0 Å². The van der Waals surface area contributed by atoms with Crippen molar-refractivity contribution >= 4 is 17.0 Å². The van der Waals surface area contributed by atoms with Gasteiger partial charge in [0, 0.05) is 24.7 Å². The van der Waals surface area contributed by atoms with Crippen LogP contribution < -0.4 is 0 Å². The number of hydrogen-bond acceptors (Lipinski definition) is 4. The Kier molecular flexibility index (Phi) is 5.26. The third-order valence-electron chi connectivity index (χ3n) is 5.84. The van der Waals surface area contributed by atoms with Gasteiger partial charge in [0.05, 0.1) is 22.6 Å². The van der Waals surface area contributed by atoms with E-state index in [-0.39, 0.29) is 34.5 Å². The van der Waals surface area contributed by atoms with Crippen molar-refractivity contribution in [1.82, 2.24) is 15.0 Å². The summed E-state index contributed by atoms with van der Waals surface area (Å²) in [5, 5.41) is 3.56. The fraction of sp³-hybridized carbons (Fsp3) is 0.409. The van der Waals surface area contributed by atoms with Crippen molar-refractivity contribution in [3.05, 3.63) is 58.9 Å². The van der Waals surface area contributed by atoms with E-state index < -0.39 is 11.7 Å². The maximum atomic E-state index is 13.6. The number of rotatable bonds is 3. The standard InChI is InChI=1S/C22H22F3N3O2/c1-13(15-6-4-3-5-7-15)21(29)28-10-8-16(9-11-28)18-12-17(22(23,24)25)19-14(2)27-30-20(19)26-18/h3-7,12-13,16H,8-11H2,1-2H3. The second-order valence-electron chi connectivity index (χ2n) is 7.77. The quantitative estimate of drug-likeness (QED) is 0.598. The van der Waals surface area contributed by atoms with Gasteiger partial charge in [-0.2, -0.15) is 13.2 Å². The number of nitrogens with zero attached hydrogens (tertiary/aromatic N) is 3. The van der Waals surface area contributed by atoms with Gasteiger partial charge in [0.2, 0.25) is 5.91 Å². The fourth-order valence-electron chi connectivity index (χ4n) is 4.10. The van der Waals surface area contributed by atoms with Crippen LogP contribution in [0.2, 0.25) is 0 Å². The summed E-state index contributed by atoms with van der Waals surface area (Å²) in [7, 11) is 0. The van der Waals surface area contributed by atoms with E-state index in [1.165, 1.54) is 6.92 Å². The number of pyridine rings is 1. The smallest absolute Gasteiger partial charge is 0.342 e. The van der Waals surface area contributed by atoms with Crippen LogP contribution in [0, 0.1) is 6.92 Å². The Morgan fingerprint density at radius 1 is 1.20 bits per heavy atom. The van der Waals surface area contributed by atoms with Gasteiger partial charge in [-0.3, -0.25) is 4.79 Å². The Morgan fingerprint density at radius 2 is 1.87 bits per heavy atom. The summed E-state index contributed by atoms with van der Waals surface area (Å²) in [5.41, 5.74) is 0.610. The zero-order chi connectivity index (χ0) is 21.5. The third kappa shape index (κ3) is 3.78. The predicted molar refractivity (Wildman–Crippen MR) is 105 cm³/mol. The number of carbonyl (C=O) groups excluding carboxylic acids is 1. The molecule has 0 spiro atoms. The van der Waals surface area contributed by atoms with E-state index in [4.69, 9.17) is 4.52 Å². The number of aryl methyl sites for hydroxylation is 1. The first-order valence-corrected chi connectivity index (χ1v) is 9.93. The number of piperidine rings is 1. The summed E-state index contributed by atoms with van der Waals surface area (Å²) in [5.74, 6) is -0.395. The normalized spacial score (nSPS) is 16.8. The molecule has 1 saturated heterocycles. The van der Waals surface area contributed by atoms with Gasteiger partial charge in [0.1, 0.15) is 0 Å². The van der Waals surface area contributed by atoms with Gasteiger partial charge in [-0.25, -0.2) is 4.98 Å². The average Bonchev–Trinajstić information content (AvgIpc) is 3.13. The first-order valence-electron chi connectivity index (χ1n) is 9.93. The first kappa shape index (κ1) is 20.4. The molecule has 5 nitrogen and oxygen atoms in total. The highest BCUT2D eigenvalue weighted by Gasteiger charge is 2.37. The lowest BCUT2D eigenvalue weighted by Gasteiger charge is -2.33. The van der Waals surface area contributed by atoms with Crippen molar-refractivity contribution in [3.8, 4) is 0 Å². The summed E-state index contributed by atoms with van der Waals surface area (Å²) in [4.78, 5) is 18.9. The molecule has 0 radical (unpaired) electrons. The van der Waals surface area contributed by atoms with E-state index >= 15 is 0 Å². The van der Waals surface area contributed by atoms with Gasteiger partial charge < -0.3 is 9.42 Å². The highest BCUT2D eigenvalue weighted by Crippen LogP contribution is 2.39. The number of aromatic nitrogens is 2. The van der Waals surface area contributed by atoms with Crippen LogP contribution in [-0.4, -0.2) is 34.0 Å². The molecule has 0 N–H and O–H groups in total. The third-order valence-corrected chi connectivity index (χ3v) is 5.84. The van der Waals surface area contributed by atoms with Crippen LogP contribution in [0.1, 0.15) is 54.1 Å². The molecule has 2 aromatic heterocycles. The zero-order valence-corrected chi connectivity index (χ0v) is 16.7. The van der Waals surface area contributed by atoms with E-state index in [0.717, 1.165) is 11.6 Å². The maximum absolute atomic E-state index is 13.6. The van der Waals surface area contributed by atoms with E-state index in [0.29, 0.717) is 31.6 Å². The summed E-state index contributed by atoms with van der Waals surface area (Å²) in [6, 6.07) is 10.7. The van der Waals surface area contributed by atoms with Crippen LogP contribution in [0.15, 0.2) is 40.9 Å². The molecule has 4 rings (SSSR count). The molecule has 0 saturated carbocycles. The number of alkyl halides is 3. The fourth-order valence-corrected chi connectivity index (χ4v) is 4.10. The van der Waals surface area contributed by atoms with Crippen molar-refractivity contribution in [2.75, 3.05) is 13.1 Å². The molecular weight excluding hydrogens is 395 g/mol. The van der Waals surface area contributed by atoms with Crippen molar-refractivity contribution in [3.63, 3.8) is 0 Å². The van der Waals surface area contributed by atoms with Crippen LogP contribution in [-0.2, 0) is 11.0 Å². The van der Waals surface area contributed by atoms with Crippen molar-refractivity contribution in [2.45, 2.75) is 44.7 Å². The Balaban J connectivity index is 1.52. The molecule has 0 aliphatic carbocycles. The van der Waals surface area contributed by atoms with Gasteiger partial charge in [-0.1, -0.05) is 35.5 Å². The van der Waals surface area contributed by atoms with Crippen LogP contribution in [0.3, 0.4) is 0 Å². The Bertz CT molecular complexity index is 1050. The highest BCUT2D eigenvalue weighted by atomic mass is 19.4. The largest absolute Gasteiger partial charge is 0.417 e. The molecule has 1 atom stereocenters. The second-order valence-corrected chi connectivity index (χ2v) is 7.77. The van der Waals surface area contributed by atoms with Crippen LogP contribution in [0.25, 0.3) is 11.1 Å². The molecule has 0 bridgehead atoms. The number of likely N-dealkylation sites (tertiary alicyclic amines) is 1. The zero-order valence-electron chi connectivity index (χ0n) is 16.7. The molecule has 1 fully saturated rings. The molecule has 1 aromatic carbocycles. The van der Waals surface area contributed by atoms with Gasteiger partial charge in [0.15, 0.2) is 0 Å². The molecule has 30 heavy (non-hydrogen) atoms. The minimum absolute atomic E-state index is 0.0323. The Morgan fingerprint density at radius 3 is 2.50 bits per heavy atom. The van der Waals surface area contributed by atoms with Crippen molar-refractivity contribution < 1.29 is 22.5 Å². The first-order chi connectivity index (χ1) is 14.3. The van der Waals surface area contributed by atoms with E-state index in [2.05, 4.69) is 10.1 Å². The summed E-state index contributed by atoms with van der Waals surface area (Å²) < 4.78 is 45.8. The minimum Gasteiger partial charge on any atom is -0.342 e. The number of carbonyl (C=O) groups is 1. The van der Waals surface area contributed by atoms with Crippen LogP contribution >= 0.6 is 0 Å². The van der Waals surface area contributed by atoms with Gasteiger partial charge >= 0.3 is 6.18 Å². The number of fused-ring (bicyclic) bond motifs is 1. The SMILES string of the molecule is Cc1noc2nc(C3CCN(C(=O)C(C)c4ccccc4)CC3)cc(C(F)(F)F)c12. The number of halogens is 3. The van der Waals surface area contributed by atoms with E-state index in [9.17, 15) is 18.0 Å². The highest BCUT2D eigenvalue weighted by molar-refractivity contribution is 5.83. The average molecular weight is 417 g/mol. The molecule has 1 aliphatic heterocycles. The summed E-state index contributed by atoms with van der Waals surface area (Å²) >= 11 is 0. The molecular formula is C22H22F3N3O2. The summed E-state index contributed by atoms with van der Waals surface area (Å²) in [6.07, 6.45) is -3.42. The number of benzene rings is 1. The monoisotopic (exact) mass is 417 g/mol. The van der Waals surface area contributed by atoms with E-state index in [1.807, 2.05) is 37.3 Å². The Hall–Kier alpha value is -2.90. The van der Waals surface area contributed by atoms with Gasteiger partial charge in [-0.05, 0) is 38.3 Å². The van der Waals surface area contributed by atoms with Gasteiger partial charge in [-0.15, -0.1) is 0 Å². The van der Waals surface area contributed by atoms with Gasteiger partial charge in [0.25, 0.3) is 5.71 Å². The molecule has 8 heteroatoms. The Labute approximate surface area is 171 Å². The maximum Gasteiger partial charge on any atom is 0.417 e. The second kappa shape index (κ2) is 7.74. The lowest BCUT2D eigenvalue weighted by Crippen LogP contribution is -2.40. The van der Waals surface area contributed by atoms with Crippen molar-refractivity contribution in [1.29, 1.82) is 0 Å². The lowest BCUT2D eigenvalue weighted by atomic mass is 9.90. The minimum atomic E-state index is -4.52. The molecule has 158 valence electrons. The van der Waals surface area contributed by atoms with Crippen LogP contribution in [0.4, 0.5) is 13.2 Å². The summed E-state index contributed by atoms with van der Waals surface area (Å²) in [6.45, 7) is 4.32. The topological polar surface area (TPSA) is 59.2 Å². The lowest BCUT2D eigenvalue weighted by molar-refractivity contribution is -0.136. The number of hydrogen-bond donors (Lipinski definition) is 0. The molecule has 1 amide bonds. The number of amides is 1. The van der Waals surface area contributed by atoms with E-state index in [1.54, 1.807) is 4.90 Å². The molecule has 1 unspecified atom stereocenters. The molecule has 3 heterocycles. The molecule has 1 aliphatic rings. The predicted octanol–water partition coefficient (Wildman–Crippen LogP) is 5.06. The molecule has 3 aromatic rings.